The molecule has 3 atom stereocenters. The van der Waals surface area contributed by atoms with Crippen molar-refractivity contribution in [3.8, 4) is 0 Å². The number of halogens is 1. The van der Waals surface area contributed by atoms with Crippen LogP contribution in [-0.2, 0) is 4.74 Å². The molecule has 1 aliphatic carbocycles. The summed E-state index contributed by atoms with van der Waals surface area (Å²) >= 11 is 3.67. The van der Waals surface area contributed by atoms with E-state index in [0.717, 1.165) is 19.3 Å². The second-order valence-electron chi connectivity index (χ2n) is 5.11. The number of aliphatic hydroxyl groups is 1. The predicted octanol–water partition coefficient (Wildman–Crippen LogP) is 2.73. The lowest BCUT2D eigenvalue weighted by Crippen LogP contribution is -2.47. The van der Waals surface area contributed by atoms with Crippen molar-refractivity contribution in [1.29, 1.82) is 0 Å². The molecule has 14 heavy (non-hydrogen) atoms. The highest BCUT2D eigenvalue weighted by atomic mass is 79.9. The number of hydrogen-bond donors (Lipinski definition) is 1. The molecule has 0 heterocycles. The summed E-state index contributed by atoms with van der Waals surface area (Å²) in [6.07, 6.45) is 3.03. The zero-order valence-corrected chi connectivity index (χ0v) is 11.1. The Hall–Kier alpha value is 0.400. The summed E-state index contributed by atoms with van der Waals surface area (Å²) in [4.78, 5) is 0.338. The van der Waals surface area contributed by atoms with Crippen molar-refractivity contribution in [2.24, 2.45) is 5.92 Å². The van der Waals surface area contributed by atoms with Gasteiger partial charge in [0.05, 0.1) is 11.2 Å². The van der Waals surface area contributed by atoms with Gasteiger partial charge in [0.25, 0.3) is 0 Å². The molecule has 1 aliphatic rings. The highest BCUT2D eigenvalue weighted by Gasteiger charge is 2.42. The highest BCUT2D eigenvalue weighted by molar-refractivity contribution is 9.09. The van der Waals surface area contributed by atoms with Gasteiger partial charge in [-0.1, -0.05) is 15.9 Å². The monoisotopic (exact) mass is 264 g/mol. The Bertz CT molecular complexity index is 200. The lowest BCUT2D eigenvalue weighted by Gasteiger charge is -2.44. The van der Waals surface area contributed by atoms with Gasteiger partial charge in [0.1, 0.15) is 0 Å². The van der Waals surface area contributed by atoms with Gasteiger partial charge in [0.15, 0.2) is 0 Å². The van der Waals surface area contributed by atoms with E-state index < -0.39 is 5.60 Å². The fourth-order valence-electron chi connectivity index (χ4n) is 2.11. The average Bonchev–Trinajstić information content (AvgIpc) is 2.08. The van der Waals surface area contributed by atoms with E-state index in [9.17, 15) is 5.11 Å². The fraction of sp³-hybridized carbons (Fsp3) is 1.00. The zero-order valence-electron chi connectivity index (χ0n) is 9.51. The van der Waals surface area contributed by atoms with Gasteiger partial charge in [-0.15, -0.1) is 0 Å². The summed E-state index contributed by atoms with van der Waals surface area (Å²) in [5, 5.41) is 9.94. The molecule has 0 spiro atoms. The maximum Gasteiger partial charge on any atom is 0.0775 e. The fourth-order valence-corrected chi connectivity index (χ4v) is 2.97. The molecule has 1 rings (SSSR count). The van der Waals surface area contributed by atoms with Crippen LogP contribution in [0, 0.1) is 5.92 Å². The van der Waals surface area contributed by atoms with Crippen LogP contribution in [0.2, 0.25) is 0 Å². The third kappa shape index (κ3) is 2.50. The molecule has 3 heteroatoms. The second kappa shape index (κ2) is 4.11. The van der Waals surface area contributed by atoms with Gasteiger partial charge >= 0.3 is 0 Å². The average molecular weight is 265 g/mol. The quantitative estimate of drug-likeness (QED) is 0.778. The molecule has 0 aromatic carbocycles. The summed E-state index contributed by atoms with van der Waals surface area (Å²) in [6.45, 7) is 5.92. The lowest BCUT2D eigenvalue weighted by atomic mass is 9.73. The summed E-state index contributed by atoms with van der Waals surface area (Å²) in [5.41, 5.74) is -0.636. The maximum absolute atomic E-state index is 9.94. The largest absolute Gasteiger partial charge is 0.390 e. The van der Waals surface area contributed by atoms with Gasteiger partial charge in [-0.25, -0.2) is 0 Å². The van der Waals surface area contributed by atoms with Crippen molar-refractivity contribution in [3.05, 3.63) is 0 Å². The Balaban J connectivity index is 2.64. The van der Waals surface area contributed by atoms with E-state index in [-0.39, 0.29) is 5.60 Å². The molecule has 1 fully saturated rings. The zero-order chi connectivity index (χ0) is 11.0. The van der Waals surface area contributed by atoms with Crippen LogP contribution in [0.4, 0.5) is 0 Å². The molecule has 84 valence electrons. The van der Waals surface area contributed by atoms with Crippen LogP contribution in [-0.4, -0.2) is 28.2 Å². The molecule has 0 amide bonds. The first-order valence-corrected chi connectivity index (χ1v) is 6.13. The van der Waals surface area contributed by atoms with Gasteiger partial charge in [0, 0.05) is 11.9 Å². The molecular formula is C11H21BrO2. The molecule has 0 aromatic rings. The molecule has 2 nitrogen and oxygen atoms in total. The topological polar surface area (TPSA) is 29.5 Å². The number of hydrogen-bond acceptors (Lipinski definition) is 2. The first kappa shape index (κ1) is 12.5. The van der Waals surface area contributed by atoms with Crippen molar-refractivity contribution in [1.82, 2.24) is 0 Å². The van der Waals surface area contributed by atoms with Gasteiger partial charge in [-0.3, -0.25) is 0 Å². The lowest BCUT2D eigenvalue weighted by molar-refractivity contribution is -0.0647. The Morgan fingerprint density at radius 1 is 1.50 bits per heavy atom. The molecule has 0 saturated heterocycles. The van der Waals surface area contributed by atoms with Crippen molar-refractivity contribution >= 4 is 15.9 Å². The van der Waals surface area contributed by atoms with Crippen LogP contribution in [0.1, 0.15) is 40.0 Å². The van der Waals surface area contributed by atoms with Crippen molar-refractivity contribution in [3.63, 3.8) is 0 Å². The minimum Gasteiger partial charge on any atom is -0.390 e. The highest BCUT2D eigenvalue weighted by Crippen LogP contribution is 2.42. The van der Waals surface area contributed by atoms with Gasteiger partial charge in [-0.2, -0.15) is 0 Å². The molecule has 0 bridgehead atoms. The van der Waals surface area contributed by atoms with E-state index in [0.29, 0.717) is 10.7 Å². The minimum atomic E-state index is -0.568. The number of ether oxygens (including phenoxy) is 1. The van der Waals surface area contributed by atoms with Crippen LogP contribution < -0.4 is 0 Å². The Labute approximate surface area is 95.2 Å². The number of methoxy groups -OCH3 is 1. The Kier molecular flexibility index (Phi) is 3.66. The first-order chi connectivity index (χ1) is 6.29. The Morgan fingerprint density at radius 2 is 2.07 bits per heavy atom. The second-order valence-corrected chi connectivity index (χ2v) is 6.21. The molecule has 0 aliphatic heterocycles. The molecule has 0 radical (unpaired) electrons. The normalized spacial score (nSPS) is 39.9. The van der Waals surface area contributed by atoms with E-state index in [1.807, 2.05) is 13.8 Å². The molecule has 3 unspecified atom stereocenters. The van der Waals surface area contributed by atoms with E-state index in [1.54, 1.807) is 7.11 Å². The molecule has 0 aromatic heterocycles. The van der Waals surface area contributed by atoms with Gasteiger partial charge < -0.3 is 9.84 Å². The van der Waals surface area contributed by atoms with E-state index in [4.69, 9.17) is 4.74 Å². The third-order valence-corrected chi connectivity index (χ3v) is 4.95. The van der Waals surface area contributed by atoms with Crippen LogP contribution in [0.25, 0.3) is 0 Å². The number of alkyl halides is 1. The van der Waals surface area contributed by atoms with E-state index >= 15 is 0 Å². The summed E-state index contributed by atoms with van der Waals surface area (Å²) in [7, 11) is 1.76. The molecule has 1 N–H and O–H groups in total. The maximum atomic E-state index is 9.94. The summed E-state index contributed by atoms with van der Waals surface area (Å²) < 4.78 is 5.52. The van der Waals surface area contributed by atoms with E-state index in [2.05, 4.69) is 22.9 Å². The standard InChI is InChI=1S/C11H21BrO2/c1-10(2,13)8-5-6-11(3,14-4)9(12)7-8/h8-9,13H,5-7H2,1-4H3. The van der Waals surface area contributed by atoms with Gasteiger partial charge in [0.2, 0.25) is 0 Å². The number of rotatable bonds is 2. The van der Waals surface area contributed by atoms with Crippen LogP contribution in [0.15, 0.2) is 0 Å². The summed E-state index contributed by atoms with van der Waals surface area (Å²) in [6, 6.07) is 0. The van der Waals surface area contributed by atoms with Crippen LogP contribution >= 0.6 is 15.9 Å². The predicted molar refractivity (Wildman–Crippen MR) is 61.8 cm³/mol. The van der Waals surface area contributed by atoms with Crippen LogP contribution in [0.3, 0.4) is 0 Å². The molecule has 1 saturated carbocycles. The first-order valence-electron chi connectivity index (χ1n) is 5.21. The van der Waals surface area contributed by atoms with Crippen LogP contribution in [0.5, 0.6) is 0 Å². The van der Waals surface area contributed by atoms with Crippen molar-refractivity contribution in [2.45, 2.75) is 56.1 Å². The summed E-state index contributed by atoms with van der Waals surface area (Å²) in [5.74, 6) is 0.370. The SMILES string of the molecule is COC1(C)CCC(C(C)(C)O)CC1Br. The minimum absolute atomic E-state index is 0.0677. The van der Waals surface area contributed by atoms with Crippen molar-refractivity contribution in [2.75, 3.05) is 7.11 Å². The van der Waals surface area contributed by atoms with E-state index in [1.165, 1.54) is 0 Å². The smallest absolute Gasteiger partial charge is 0.0775 e. The Morgan fingerprint density at radius 3 is 2.43 bits per heavy atom. The van der Waals surface area contributed by atoms with Gasteiger partial charge in [-0.05, 0) is 46.0 Å². The third-order valence-electron chi connectivity index (χ3n) is 3.61. The van der Waals surface area contributed by atoms with Crippen molar-refractivity contribution < 1.29 is 9.84 Å². The molecular weight excluding hydrogens is 244 g/mol.